The van der Waals surface area contributed by atoms with E-state index < -0.39 is 15.8 Å². The first-order chi connectivity index (χ1) is 13.5. The lowest BCUT2D eigenvalue weighted by Gasteiger charge is -2.25. The summed E-state index contributed by atoms with van der Waals surface area (Å²) >= 11 is 0. The fourth-order valence-corrected chi connectivity index (χ4v) is 4.94. The Balaban J connectivity index is 0.00000240. The smallest absolute Gasteiger partial charge is 0.268 e. The van der Waals surface area contributed by atoms with Crippen molar-refractivity contribution in [2.24, 2.45) is 0 Å². The molecule has 4 rings (SSSR count). The summed E-state index contributed by atoms with van der Waals surface area (Å²) in [5, 5.41) is 7.25. The van der Waals surface area contributed by atoms with Gasteiger partial charge >= 0.3 is 0 Å². The highest BCUT2D eigenvalue weighted by molar-refractivity contribution is 7.90. The minimum absolute atomic E-state index is 0. The molecule has 0 amide bonds. The Kier molecular flexibility index (Phi) is 6.36. The molecule has 1 aliphatic heterocycles. The maximum atomic E-state index is 13.4. The first kappa shape index (κ1) is 21.4. The summed E-state index contributed by atoms with van der Waals surface area (Å²) in [6.45, 7) is 1.84. The molecule has 0 aliphatic carbocycles. The van der Waals surface area contributed by atoms with Gasteiger partial charge in [-0.05, 0) is 68.4 Å². The predicted molar refractivity (Wildman–Crippen MR) is 114 cm³/mol. The average Bonchev–Trinajstić information content (AvgIpc) is 3.12. The molecular weight excluding hydrogens is 417 g/mol. The molecule has 0 unspecified atom stereocenters. The summed E-state index contributed by atoms with van der Waals surface area (Å²) in [6.07, 6.45) is 3.35. The van der Waals surface area contributed by atoms with E-state index >= 15 is 0 Å². The molecule has 1 aromatic heterocycles. The van der Waals surface area contributed by atoms with E-state index in [1.165, 1.54) is 34.4 Å². The highest BCUT2D eigenvalue weighted by Crippen LogP contribution is 2.31. The molecule has 1 fully saturated rings. The number of rotatable bonds is 5. The van der Waals surface area contributed by atoms with Gasteiger partial charge in [-0.3, -0.25) is 0 Å². The number of aromatic nitrogens is 1. The average molecular weight is 440 g/mol. The number of benzene rings is 2. The largest absolute Gasteiger partial charge is 0.495 e. The second kappa shape index (κ2) is 8.61. The molecule has 3 aromatic rings. The number of fused-ring (bicyclic) bond motifs is 1. The second-order valence-corrected chi connectivity index (χ2v) is 8.67. The summed E-state index contributed by atoms with van der Waals surface area (Å²) in [5.74, 6) is 0.192. The van der Waals surface area contributed by atoms with E-state index in [0.717, 1.165) is 25.9 Å². The van der Waals surface area contributed by atoms with Crippen LogP contribution in [-0.2, 0) is 10.0 Å². The number of halogens is 2. The maximum absolute atomic E-state index is 13.4. The van der Waals surface area contributed by atoms with Crippen LogP contribution in [0, 0.1) is 5.82 Å². The normalized spacial score (nSPS) is 15.1. The minimum atomic E-state index is -3.84. The van der Waals surface area contributed by atoms with Gasteiger partial charge in [-0.2, -0.15) is 0 Å². The summed E-state index contributed by atoms with van der Waals surface area (Å²) in [4.78, 5) is 0.145. The number of anilines is 1. The Morgan fingerprint density at radius 3 is 2.62 bits per heavy atom. The third kappa shape index (κ3) is 4.19. The zero-order chi connectivity index (χ0) is 19.7. The van der Waals surface area contributed by atoms with Crippen molar-refractivity contribution in [1.82, 2.24) is 9.29 Å². The van der Waals surface area contributed by atoms with Gasteiger partial charge in [0.2, 0.25) is 0 Å². The van der Waals surface area contributed by atoms with Gasteiger partial charge in [0.05, 0.1) is 23.2 Å². The fraction of sp³-hybridized carbons (Fsp3) is 0.300. The van der Waals surface area contributed by atoms with Gasteiger partial charge in [0.25, 0.3) is 10.0 Å². The van der Waals surface area contributed by atoms with Crippen LogP contribution in [0.3, 0.4) is 0 Å². The molecule has 0 saturated carbocycles. The number of piperidine rings is 1. The Labute approximate surface area is 175 Å². The van der Waals surface area contributed by atoms with Gasteiger partial charge in [-0.15, -0.1) is 12.4 Å². The van der Waals surface area contributed by atoms with E-state index in [9.17, 15) is 12.8 Å². The van der Waals surface area contributed by atoms with Crippen molar-refractivity contribution in [3.05, 3.63) is 54.5 Å². The zero-order valence-electron chi connectivity index (χ0n) is 15.9. The monoisotopic (exact) mass is 439 g/mol. The van der Waals surface area contributed by atoms with Crippen LogP contribution in [0.2, 0.25) is 0 Å². The van der Waals surface area contributed by atoms with Crippen molar-refractivity contribution in [3.8, 4) is 5.75 Å². The summed E-state index contributed by atoms with van der Waals surface area (Å²) in [7, 11) is -2.28. The van der Waals surface area contributed by atoms with Crippen molar-refractivity contribution in [3.63, 3.8) is 0 Å². The molecule has 0 atom stereocenters. The first-order valence-electron chi connectivity index (χ1n) is 9.16. The van der Waals surface area contributed by atoms with E-state index in [1.807, 2.05) is 0 Å². The van der Waals surface area contributed by atoms with Gasteiger partial charge in [0, 0.05) is 17.6 Å². The van der Waals surface area contributed by atoms with Crippen LogP contribution in [-0.4, -0.2) is 38.6 Å². The molecule has 2 heterocycles. The molecule has 156 valence electrons. The number of methoxy groups -OCH3 is 1. The predicted octanol–water partition coefficient (Wildman–Crippen LogP) is 3.61. The van der Waals surface area contributed by atoms with E-state index in [2.05, 4.69) is 10.6 Å². The van der Waals surface area contributed by atoms with Crippen LogP contribution in [0.15, 0.2) is 53.6 Å². The number of nitrogens with one attached hydrogen (secondary N) is 2. The molecule has 2 N–H and O–H groups in total. The van der Waals surface area contributed by atoms with Crippen LogP contribution in [0.25, 0.3) is 10.9 Å². The lowest BCUT2D eigenvalue weighted by molar-refractivity contribution is 0.413. The molecule has 2 aromatic carbocycles. The SMILES string of the molecule is COc1ccc(S(=O)(=O)n2ccc3cc(F)ccc32)cc1NC1CCNCC1.Cl. The Hall–Kier alpha value is -2.29. The van der Waals surface area contributed by atoms with E-state index in [-0.39, 0.29) is 23.3 Å². The number of nitrogens with zero attached hydrogens (tertiary/aromatic N) is 1. The van der Waals surface area contributed by atoms with Crippen molar-refractivity contribution in [2.45, 2.75) is 23.8 Å². The van der Waals surface area contributed by atoms with Crippen LogP contribution < -0.4 is 15.4 Å². The molecule has 6 nitrogen and oxygen atoms in total. The summed E-state index contributed by atoms with van der Waals surface area (Å²) < 4.78 is 46.5. The van der Waals surface area contributed by atoms with Gasteiger partial charge in [-0.25, -0.2) is 16.8 Å². The van der Waals surface area contributed by atoms with Crippen LogP contribution in [0.4, 0.5) is 10.1 Å². The van der Waals surface area contributed by atoms with Gasteiger partial charge in [0.1, 0.15) is 11.6 Å². The van der Waals surface area contributed by atoms with E-state index in [4.69, 9.17) is 4.74 Å². The standard InChI is InChI=1S/C20H22FN3O3S.ClH/c1-27-20-5-3-17(13-18(20)23-16-6-9-22-10-7-16)28(25,26)24-11-8-14-12-15(21)2-4-19(14)24;/h2-5,8,11-13,16,22-23H,6-7,9-10H2,1H3;1H. The van der Waals surface area contributed by atoms with Gasteiger partial charge in [-0.1, -0.05) is 0 Å². The Morgan fingerprint density at radius 2 is 1.90 bits per heavy atom. The summed E-state index contributed by atoms with van der Waals surface area (Å²) in [5.41, 5.74) is 1.09. The molecule has 0 bridgehead atoms. The molecular formula is C20H23ClFN3O3S. The first-order valence-corrected chi connectivity index (χ1v) is 10.6. The molecule has 29 heavy (non-hydrogen) atoms. The number of ether oxygens (including phenoxy) is 1. The van der Waals surface area contributed by atoms with Crippen LogP contribution in [0.5, 0.6) is 5.75 Å². The van der Waals surface area contributed by atoms with Crippen LogP contribution >= 0.6 is 12.4 Å². The van der Waals surface area contributed by atoms with Crippen molar-refractivity contribution in [2.75, 3.05) is 25.5 Å². The quantitative estimate of drug-likeness (QED) is 0.635. The molecule has 9 heteroatoms. The molecule has 1 aliphatic rings. The van der Waals surface area contributed by atoms with Crippen molar-refractivity contribution < 1.29 is 17.5 Å². The summed E-state index contributed by atoms with van der Waals surface area (Å²) in [6, 6.07) is 10.7. The number of hydrogen-bond donors (Lipinski definition) is 2. The lowest BCUT2D eigenvalue weighted by atomic mass is 10.1. The Morgan fingerprint density at radius 1 is 1.14 bits per heavy atom. The highest BCUT2D eigenvalue weighted by atomic mass is 35.5. The fourth-order valence-electron chi connectivity index (χ4n) is 3.56. The van der Waals surface area contributed by atoms with Gasteiger partial charge < -0.3 is 15.4 Å². The number of hydrogen-bond acceptors (Lipinski definition) is 5. The molecule has 0 radical (unpaired) electrons. The third-order valence-electron chi connectivity index (χ3n) is 5.04. The van der Waals surface area contributed by atoms with E-state index in [1.54, 1.807) is 25.3 Å². The molecule has 1 saturated heterocycles. The van der Waals surface area contributed by atoms with E-state index in [0.29, 0.717) is 22.3 Å². The van der Waals surface area contributed by atoms with Crippen LogP contribution in [0.1, 0.15) is 12.8 Å². The van der Waals surface area contributed by atoms with Gasteiger partial charge in [0.15, 0.2) is 0 Å². The minimum Gasteiger partial charge on any atom is -0.495 e. The van der Waals surface area contributed by atoms with Crippen molar-refractivity contribution >= 4 is 39.0 Å². The zero-order valence-corrected chi connectivity index (χ0v) is 17.5. The highest BCUT2D eigenvalue weighted by Gasteiger charge is 2.22. The Bertz CT molecular complexity index is 1110. The third-order valence-corrected chi connectivity index (χ3v) is 6.73. The topological polar surface area (TPSA) is 72.4 Å². The lowest BCUT2D eigenvalue weighted by Crippen LogP contribution is -2.35. The maximum Gasteiger partial charge on any atom is 0.268 e. The second-order valence-electron chi connectivity index (χ2n) is 6.85. The van der Waals surface area contributed by atoms with Crippen molar-refractivity contribution in [1.29, 1.82) is 0 Å². The molecule has 0 spiro atoms.